The van der Waals surface area contributed by atoms with Gasteiger partial charge in [-0.05, 0) is 40.8 Å². The van der Waals surface area contributed by atoms with Gasteiger partial charge in [-0.2, -0.15) is 0 Å². The summed E-state index contributed by atoms with van der Waals surface area (Å²) < 4.78 is 11.6. The highest BCUT2D eigenvalue weighted by molar-refractivity contribution is 9.10. The topological polar surface area (TPSA) is 51.5 Å². The Morgan fingerprint density at radius 1 is 1.53 bits per heavy atom. The second kappa shape index (κ2) is 7.10. The van der Waals surface area contributed by atoms with Crippen LogP contribution < -0.4 is 5.32 Å². The SMILES string of the molecule is CC1CCCCC1OCCNC(=O)c1occc1Br. The van der Waals surface area contributed by atoms with Crippen molar-refractivity contribution in [2.45, 2.75) is 38.7 Å². The molecule has 1 fully saturated rings. The van der Waals surface area contributed by atoms with Crippen LogP contribution in [0.5, 0.6) is 0 Å². The molecule has 19 heavy (non-hydrogen) atoms. The molecule has 2 rings (SSSR count). The molecule has 1 aromatic heterocycles. The number of halogens is 1. The molecule has 2 unspecified atom stereocenters. The third-order valence-electron chi connectivity index (χ3n) is 3.58. The van der Waals surface area contributed by atoms with Crippen LogP contribution in [-0.4, -0.2) is 25.2 Å². The Kier molecular flexibility index (Phi) is 5.45. The summed E-state index contributed by atoms with van der Waals surface area (Å²) >= 11 is 3.26. The first kappa shape index (κ1) is 14.6. The maximum atomic E-state index is 11.8. The van der Waals surface area contributed by atoms with E-state index in [4.69, 9.17) is 9.15 Å². The normalized spacial score (nSPS) is 23.3. The minimum atomic E-state index is -0.211. The van der Waals surface area contributed by atoms with E-state index in [2.05, 4.69) is 28.2 Å². The number of furan rings is 1. The van der Waals surface area contributed by atoms with Gasteiger partial charge >= 0.3 is 0 Å². The number of hydrogen-bond acceptors (Lipinski definition) is 3. The average molecular weight is 330 g/mol. The van der Waals surface area contributed by atoms with Crippen molar-refractivity contribution in [3.05, 3.63) is 22.6 Å². The summed E-state index contributed by atoms with van der Waals surface area (Å²) in [4.78, 5) is 11.8. The van der Waals surface area contributed by atoms with Crippen molar-refractivity contribution in [2.24, 2.45) is 5.92 Å². The number of ether oxygens (including phenoxy) is 1. The molecule has 1 aliphatic rings. The number of nitrogens with one attached hydrogen (secondary N) is 1. The standard InChI is InChI=1S/C14H20BrNO3/c1-10-4-2-3-5-12(10)18-9-7-16-14(17)13-11(15)6-8-19-13/h6,8,10,12H,2-5,7,9H2,1H3,(H,16,17). The quantitative estimate of drug-likeness (QED) is 0.842. The number of carbonyl (C=O) groups is 1. The highest BCUT2D eigenvalue weighted by Gasteiger charge is 2.21. The maximum Gasteiger partial charge on any atom is 0.288 e. The number of carbonyl (C=O) groups excluding carboxylic acids is 1. The maximum absolute atomic E-state index is 11.8. The molecule has 0 aromatic carbocycles. The van der Waals surface area contributed by atoms with E-state index in [1.54, 1.807) is 6.07 Å². The van der Waals surface area contributed by atoms with Gasteiger partial charge in [0, 0.05) is 6.54 Å². The molecule has 0 bridgehead atoms. The van der Waals surface area contributed by atoms with Crippen molar-refractivity contribution in [3.8, 4) is 0 Å². The van der Waals surface area contributed by atoms with Crippen LogP contribution in [0.15, 0.2) is 21.2 Å². The Labute approximate surface area is 122 Å². The summed E-state index contributed by atoms with van der Waals surface area (Å²) in [7, 11) is 0. The summed E-state index contributed by atoms with van der Waals surface area (Å²) in [5.74, 6) is 0.729. The molecule has 106 valence electrons. The van der Waals surface area contributed by atoms with Gasteiger partial charge in [-0.15, -0.1) is 0 Å². The number of hydrogen-bond donors (Lipinski definition) is 1. The molecular weight excluding hydrogens is 310 g/mol. The van der Waals surface area contributed by atoms with E-state index in [0.717, 1.165) is 6.42 Å². The van der Waals surface area contributed by atoms with Crippen molar-refractivity contribution >= 4 is 21.8 Å². The van der Waals surface area contributed by atoms with Crippen LogP contribution in [0.1, 0.15) is 43.2 Å². The lowest BCUT2D eigenvalue weighted by Crippen LogP contribution is -2.31. The molecule has 1 saturated carbocycles. The fraction of sp³-hybridized carbons (Fsp3) is 0.643. The fourth-order valence-corrected chi connectivity index (χ4v) is 2.82. The summed E-state index contributed by atoms with van der Waals surface area (Å²) in [6.45, 7) is 3.30. The Morgan fingerprint density at radius 2 is 2.32 bits per heavy atom. The van der Waals surface area contributed by atoms with Gasteiger partial charge in [-0.1, -0.05) is 19.8 Å². The minimum Gasteiger partial charge on any atom is -0.458 e. The molecule has 5 heteroatoms. The van der Waals surface area contributed by atoms with Crippen molar-refractivity contribution in [1.29, 1.82) is 0 Å². The molecule has 1 aromatic rings. The molecule has 0 spiro atoms. The summed E-state index contributed by atoms with van der Waals surface area (Å²) in [5, 5.41) is 2.79. The molecule has 1 amide bonds. The Morgan fingerprint density at radius 3 is 3.00 bits per heavy atom. The zero-order valence-electron chi connectivity index (χ0n) is 11.2. The van der Waals surface area contributed by atoms with Crippen molar-refractivity contribution in [1.82, 2.24) is 5.32 Å². The van der Waals surface area contributed by atoms with E-state index in [9.17, 15) is 4.79 Å². The Bertz CT molecular complexity index is 419. The second-order valence-electron chi connectivity index (χ2n) is 5.02. The van der Waals surface area contributed by atoms with E-state index in [-0.39, 0.29) is 5.91 Å². The van der Waals surface area contributed by atoms with E-state index in [1.165, 1.54) is 25.5 Å². The average Bonchev–Trinajstić information content (AvgIpc) is 2.82. The first-order chi connectivity index (χ1) is 9.18. The number of rotatable bonds is 5. The molecule has 0 radical (unpaired) electrons. The monoisotopic (exact) mass is 329 g/mol. The molecule has 1 heterocycles. The predicted octanol–water partition coefficient (Wildman–Crippen LogP) is 3.37. The van der Waals surface area contributed by atoms with Crippen molar-refractivity contribution < 1.29 is 13.9 Å². The smallest absolute Gasteiger partial charge is 0.288 e. The minimum absolute atomic E-state index is 0.211. The first-order valence-corrected chi connectivity index (χ1v) is 7.60. The van der Waals surface area contributed by atoms with Gasteiger partial charge in [-0.3, -0.25) is 4.79 Å². The third-order valence-corrected chi connectivity index (χ3v) is 4.20. The van der Waals surface area contributed by atoms with Crippen molar-refractivity contribution in [2.75, 3.05) is 13.2 Å². The third kappa shape index (κ3) is 4.08. The van der Waals surface area contributed by atoms with Gasteiger partial charge < -0.3 is 14.5 Å². The van der Waals surface area contributed by atoms with Gasteiger partial charge in [-0.25, -0.2) is 0 Å². The Hall–Kier alpha value is -0.810. The highest BCUT2D eigenvalue weighted by atomic mass is 79.9. The lowest BCUT2D eigenvalue weighted by atomic mass is 9.88. The van der Waals surface area contributed by atoms with E-state index >= 15 is 0 Å². The molecule has 0 aliphatic heterocycles. The predicted molar refractivity (Wildman–Crippen MR) is 76.1 cm³/mol. The van der Waals surface area contributed by atoms with Crippen LogP contribution in [0, 0.1) is 5.92 Å². The first-order valence-electron chi connectivity index (χ1n) is 6.81. The van der Waals surface area contributed by atoms with Crippen LogP contribution in [0.25, 0.3) is 0 Å². The summed E-state index contributed by atoms with van der Waals surface area (Å²) in [6, 6.07) is 1.70. The van der Waals surface area contributed by atoms with E-state index < -0.39 is 0 Å². The second-order valence-corrected chi connectivity index (χ2v) is 5.88. The zero-order chi connectivity index (χ0) is 13.7. The number of amides is 1. The van der Waals surface area contributed by atoms with Crippen LogP contribution in [0.4, 0.5) is 0 Å². The van der Waals surface area contributed by atoms with Crippen LogP contribution in [0.2, 0.25) is 0 Å². The Balaban J connectivity index is 1.67. The molecule has 2 atom stereocenters. The highest BCUT2D eigenvalue weighted by Crippen LogP contribution is 2.26. The van der Waals surface area contributed by atoms with Crippen LogP contribution >= 0.6 is 15.9 Å². The molecule has 4 nitrogen and oxygen atoms in total. The van der Waals surface area contributed by atoms with Crippen LogP contribution in [0.3, 0.4) is 0 Å². The lowest BCUT2D eigenvalue weighted by Gasteiger charge is -2.28. The largest absolute Gasteiger partial charge is 0.458 e. The van der Waals surface area contributed by atoms with E-state index in [1.807, 2.05) is 0 Å². The molecular formula is C14H20BrNO3. The molecule has 1 N–H and O–H groups in total. The summed E-state index contributed by atoms with van der Waals surface area (Å²) in [6.07, 6.45) is 6.78. The molecule has 1 aliphatic carbocycles. The van der Waals surface area contributed by atoms with E-state index in [0.29, 0.717) is 35.4 Å². The van der Waals surface area contributed by atoms with Gasteiger partial charge in [0.2, 0.25) is 5.76 Å². The van der Waals surface area contributed by atoms with Gasteiger partial charge in [0.15, 0.2) is 0 Å². The lowest BCUT2D eigenvalue weighted by molar-refractivity contribution is -0.00300. The van der Waals surface area contributed by atoms with Gasteiger partial charge in [0.05, 0.1) is 23.4 Å². The van der Waals surface area contributed by atoms with Crippen molar-refractivity contribution in [3.63, 3.8) is 0 Å². The fourth-order valence-electron chi connectivity index (χ4n) is 2.44. The zero-order valence-corrected chi connectivity index (χ0v) is 12.7. The van der Waals surface area contributed by atoms with Gasteiger partial charge in [0.25, 0.3) is 5.91 Å². The van der Waals surface area contributed by atoms with Crippen LogP contribution in [-0.2, 0) is 4.74 Å². The summed E-state index contributed by atoms with van der Waals surface area (Å²) in [5.41, 5.74) is 0. The molecule has 0 saturated heterocycles. The van der Waals surface area contributed by atoms with Gasteiger partial charge in [0.1, 0.15) is 0 Å².